The summed E-state index contributed by atoms with van der Waals surface area (Å²) in [5.41, 5.74) is 3.09. The third-order valence-corrected chi connectivity index (χ3v) is 3.14. The number of azo groups is 1. The van der Waals surface area contributed by atoms with E-state index in [9.17, 15) is 5.11 Å². The second-order valence-electron chi connectivity index (χ2n) is 4.25. The molecule has 2 aromatic rings. The highest BCUT2D eigenvalue weighted by molar-refractivity contribution is 6.36. The molecule has 3 nitrogen and oxygen atoms in total. The number of rotatable bonds is 2. The zero-order valence-electron chi connectivity index (χ0n) is 10.5. The third-order valence-electron chi connectivity index (χ3n) is 2.64. The van der Waals surface area contributed by atoms with Gasteiger partial charge >= 0.3 is 0 Å². The minimum absolute atomic E-state index is 0.125. The van der Waals surface area contributed by atoms with Crippen molar-refractivity contribution in [1.29, 1.82) is 0 Å². The summed E-state index contributed by atoms with van der Waals surface area (Å²) in [6.45, 7) is 3.92. The molecule has 98 valence electrons. The minimum Gasteiger partial charge on any atom is -0.504 e. The number of nitrogens with zero attached hydrogens (tertiary/aromatic N) is 2. The molecule has 0 heterocycles. The highest BCUT2D eigenvalue weighted by atomic mass is 35.5. The molecule has 1 N–H and O–H groups in total. The summed E-state index contributed by atoms with van der Waals surface area (Å²) < 4.78 is 0. The third kappa shape index (κ3) is 3.25. The molecule has 0 radical (unpaired) electrons. The van der Waals surface area contributed by atoms with Crippen LogP contribution in [0.4, 0.5) is 11.4 Å². The molecule has 0 aliphatic carbocycles. The van der Waals surface area contributed by atoms with Crippen LogP contribution in [-0.2, 0) is 0 Å². The molecular weight excluding hydrogens is 283 g/mol. The van der Waals surface area contributed by atoms with Gasteiger partial charge in [-0.15, -0.1) is 5.11 Å². The van der Waals surface area contributed by atoms with E-state index in [1.807, 2.05) is 32.0 Å². The first-order chi connectivity index (χ1) is 8.97. The highest BCUT2D eigenvalue weighted by Crippen LogP contribution is 2.38. The van der Waals surface area contributed by atoms with E-state index < -0.39 is 0 Å². The zero-order chi connectivity index (χ0) is 14.0. The van der Waals surface area contributed by atoms with E-state index in [1.54, 1.807) is 0 Å². The highest BCUT2D eigenvalue weighted by Gasteiger charge is 2.07. The van der Waals surface area contributed by atoms with Crippen LogP contribution in [0.5, 0.6) is 5.75 Å². The maximum absolute atomic E-state index is 9.78. The second kappa shape index (κ2) is 5.59. The van der Waals surface area contributed by atoms with Gasteiger partial charge in [0.25, 0.3) is 0 Å². The normalized spacial score (nSPS) is 11.2. The summed E-state index contributed by atoms with van der Waals surface area (Å²) in [4.78, 5) is 0. The largest absolute Gasteiger partial charge is 0.504 e. The zero-order valence-corrected chi connectivity index (χ0v) is 12.0. The van der Waals surface area contributed by atoms with Crippen LogP contribution in [0.1, 0.15) is 11.1 Å². The Labute approximate surface area is 121 Å². The molecule has 5 heteroatoms. The van der Waals surface area contributed by atoms with Crippen LogP contribution in [0.15, 0.2) is 40.6 Å². The average Bonchev–Trinajstić information content (AvgIpc) is 2.35. The smallest absolute Gasteiger partial charge is 0.161 e. The van der Waals surface area contributed by atoms with Gasteiger partial charge in [-0.05, 0) is 43.2 Å². The molecule has 0 atom stereocenters. The molecular formula is C14H12Cl2N2O. The van der Waals surface area contributed by atoms with Gasteiger partial charge in [-0.1, -0.05) is 35.3 Å². The molecule has 0 amide bonds. The Kier molecular flexibility index (Phi) is 4.08. The van der Waals surface area contributed by atoms with E-state index in [0.717, 1.165) is 16.8 Å². The topological polar surface area (TPSA) is 45.0 Å². The van der Waals surface area contributed by atoms with Crippen LogP contribution in [-0.4, -0.2) is 5.11 Å². The molecule has 0 aliphatic rings. The number of phenolic OH excluding ortho intramolecular Hbond substituents is 1. The van der Waals surface area contributed by atoms with E-state index >= 15 is 0 Å². The van der Waals surface area contributed by atoms with Crippen molar-refractivity contribution in [2.24, 2.45) is 10.2 Å². The van der Waals surface area contributed by atoms with Crippen LogP contribution in [0.2, 0.25) is 10.0 Å². The fourth-order valence-electron chi connectivity index (χ4n) is 1.56. The minimum atomic E-state index is -0.125. The molecule has 0 saturated carbocycles. The van der Waals surface area contributed by atoms with Crippen LogP contribution >= 0.6 is 23.2 Å². The van der Waals surface area contributed by atoms with Gasteiger partial charge in [0.1, 0.15) is 5.69 Å². The van der Waals surface area contributed by atoms with Crippen molar-refractivity contribution in [2.45, 2.75) is 13.8 Å². The first-order valence-corrected chi connectivity index (χ1v) is 6.40. The summed E-state index contributed by atoms with van der Waals surface area (Å²) in [6.07, 6.45) is 0. The quantitative estimate of drug-likeness (QED) is 0.706. The Morgan fingerprint density at radius 1 is 0.947 bits per heavy atom. The van der Waals surface area contributed by atoms with Gasteiger partial charge in [0.15, 0.2) is 5.75 Å². The van der Waals surface area contributed by atoms with Crippen molar-refractivity contribution in [3.63, 3.8) is 0 Å². The second-order valence-corrected chi connectivity index (χ2v) is 5.09. The van der Waals surface area contributed by atoms with Crippen LogP contribution < -0.4 is 0 Å². The van der Waals surface area contributed by atoms with Gasteiger partial charge in [-0.3, -0.25) is 0 Å². The number of benzene rings is 2. The summed E-state index contributed by atoms with van der Waals surface area (Å²) in [5, 5.41) is 18.5. The molecule has 0 aliphatic heterocycles. The fourth-order valence-corrected chi connectivity index (χ4v) is 2.05. The number of aromatic hydroxyl groups is 1. The van der Waals surface area contributed by atoms with Crippen molar-refractivity contribution in [2.75, 3.05) is 0 Å². The van der Waals surface area contributed by atoms with Gasteiger partial charge in [0, 0.05) is 5.02 Å². The van der Waals surface area contributed by atoms with Crippen molar-refractivity contribution in [3.05, 3.63) is 51.5 Å². The molecule has 2 aromatic carbocycles. The number of hydrogen-bond donors (Lipinski definition) is 1. The Morgan fingerprint density at radius 2 is 1.63 bits per heavy atom. The van der Waals surface area contributed by atoms with Gasteiger partial charge in [0.05, 0.1) is 10.7 Å². The lowest BCUT2D eigenvalue weighted by Crippen LogP contribution is -1.77. The molecule has 0 fully saturated rings. The molecule has 19 heavy (non-hydrogen) atoms. The fraction of sp³-hybridized carbons (Fsp3) is 0.143. The maximum Gasteiger partial charge on any atom is 0.161 e. The van der Waals surface area contributed by atoms with Crippen molar-refractivity contribution in [1.82, 2.24) is 0 Å². The Morgan fingerprint density at radius 3 is 2.37 bits per heavy atom. The first-order valence-electron chi connectivity index (χ1n) is 5.64. The van der Waals surface area contributed by atoms with Gasteiger partial charge in [-0.2, -0.15) is 5.11 Å². The van der Waals surface area contributed by atoms with E-state index in [-0.39, 0.29) is 16.5 Å². The van der Waals surface area contributed by atoms with Crippen molar-refractivity contribution >= 4 is 34.6 Å². The summed E-state index contributed by atoms with van der Waals surface area (Å²) >= 11 is 11.7. The Bertz CT molecular complexity index is 654. The van der Waals surface area contributed by atoms with E-state index in [1.165, 1.54) is 12.1 Å². The lowest BCUT2D eigenvalue weighted by molar-refractivity contribution is 0.476. The molecule has 0 unspecified atom stereocenters. The maximum atomic E-state index is 9.78. The molecule has 0 bridgehead atoms. The summed E-state index contributed by atoms with van der Waals surface area (Å²) in [5.74, 6) is -0.125. The van der Waals surface area contributed by atoms with Crippen molar-refractivity contribution in [3.8, 4) is 5.75 Å². The van der Waals surface area contributed by atoms with E-state index in [4.69, 9.17) is 23.2 Å². The Balaban J connectivity index is 2.40. The number of phenols is 1. The summed E-state index contributed by atoms with van der Waals surface area (Å²) in [6, 6.07) is 8.85. The predicted octanol–water partition coefficient (Wildman–Crippen LogP) is 5.73. The van der Waals surface area contributed by atoms with E-state index in [2.05, 4.69) is 10.2 Å². The average molecular weight is 295 g/mol. The molecule has 0 saturated heterocycles. The lowest BCUT2D eigenvalue weighted by Gasteiger charge is -2.03. The van der Waals surface area contributed by atoms with Crippen molar-refractivity contribution < 1.29 is 5.11 Å². The molecule has 0 spiro atoms. The van der Waals surface area contributed by atoms with Gasteiger partial charge < -0.3 is 5.11 Å². The first kappa shape index (κ1) is 13.8. The Hall–Kier alpha value is -1.58. The van der Waals surface area contributed by atoms with Gasteiger partial charge in [-0.25, -0.2) is 0 Å². The SMILES string of the molecule is Cc1ccc(C)c(N=Nc2cc(Cl)cc(Cl)c2O)c1. The van der Waals surface area contributed by atoms with Crippen LogP contribution in [0.25, 0.3) is 0 Å². The number of halogens is 2. The van der Waals surface area contributed by atoms with Gasteiger partial charge in [0.2, 0.25) is 0 Å². The van der Waals surface area contributed by atoms with Crippen LogP contribution in [0, 0.1) is 13.8 Å². The lowest BCUT2D eigenvalue weighted by atomic mass is 10.1. The number of aryl methyl sites for hydroxylation is 2. The van der Waals surface area contributed by atoms with Crippen LogP contribution in [0.3, 0.4) is 0 Å². The predicted molar refractivity (Wildman–Crippen MR) is 78.2 cm³/mol. The molecule has 2 rings (SSSR count). The molecule has 0 aromatic heterocycles. The monoisotopic (exact) mass is 294 g/mol. The number of hydrogen-bond acceptors (Lipinski definition) is 3. The van der Waals surface area contributed by atoms with E-state index in [0.29, 0.717) is 5.02 Å². The summed E-state index contributed by atoms with van der Waals surface area (Å²) in [7, 11) is 0. The standard InChI is InChI=1S/C14H12Cl2N2O/c1-8-3-4-9(2)12(5-8)17-18-13-7-10(15)6-11(16)14(13)19/h3-7,19H,1-2H3.